The number of ether oxygens (including phenoxy) is 1. The number of rotatable bonds is 7. The van der Waals surface area contributed by atoms with Gasteiger partial charge >= 0.3 is 11.9 Å². The van der Waals surface area contributed by atoms with Gasteiger partial charge in [0.15, 0.2) is 0 Å². The molecule has 2 aromatic rings. The van der Waals surface area contributed by atoms with Gasteiger partial charge < -0.3 is 15.2 Å². The van der Waals surface area contributed by atoms with Gasteiger partial charge in [-0.3, -0.25) is 4.79 Å². The molecule has 2 N–H and O–H groups in total. The zero-order valence-corrected chi connectivity index (χ0v) is 16.7. The molecule has 1 aliphatic rings. The minimum atomic E-state index is -1.09. The smallest absolute Gasteiger partial charge is 0.341 e. The van der Waals surface area contributed by atoms with Gasteiger partial charge in [0.2, 0.25) is 0 Å². The molecule has 1 amide bonds. The van der Waals surface area contributed by atoms with Crippen molar-refractivity contribution in [1.29, 1.82) is 0 Å². The number of carboxylic acids is 1. The Balaban J connectivity index is 1.91. The third kappa shape index (κ3) is 3.94. The molecule has 0 spiro atoms. The summed E-state index contributed by atoms with van der Waals surface area (Å²) in [5, 5.41) is 16.4. The average Bonchev–Trinajstić information content (AvgIpc) is 3.29. The van der Waals surface area contributed by atoms with Gasteiger partial charge in [-0.05, 0) is 50.7 Å². The van der Waals surface area contributed by atoms with Crippen LogP contribution in [0.4, 0.5) is 5.00 Å². The number of esters is 1. The van der Waals surface area contributed by atoms with Crippen LogP contribution in [0, 0.1) is 0 Å². The molecule has 0 fully saturated rings. The first kappa shape index (κ1) is 20.1. The number of carbonyl (C=O) groups excluding carboxylic acids is 2. The van der Waals surface area contributed by atoms with Crippen LogP contribution in [-0.2, 0) is 22.4 Å². The largest absolute Gasteiger partial charge is 0.480 e. The maximum absolute atomic E-state index is 12.8. The zero-order chi connectivity index (χ0) is 20.3. The van der Waals surface area contributed by atoms with Gasteiger partial charge in [-0.2, -0.15) is 5.10 Å². The van der Waals surface area contributed by atoms with Crippen LogP contribution < -0.4 is 5.32 Å². The van der Waals surface area contributed by atoms with Gasteiger partial charge in [-0.15, -0.1) is 11.3 Å². The van der Waals surface area contributed by atoms with Crippen molar-refractivity contribution in [2.75, 3.05) is 11.9 Å². The van der Waals surface area contributed by atoms with Gasteiger partial charge in [0, 0.05) is 11.1 Å². The second-order valence-electron chi connectivity index (χ2n) is 6.68. The van der Waals surface area contributed by atoms with Gasteiger partial charge in [0.05, 0.1) is 12.2 Å². The van der Waals surface area contributed by atoms with E-state index in [-0.39, 0.29) is 5.69 Å². The standard InChI is InChI=1S/C19H23N3O5S/c1-3-10-27-19(26)15-12-6-4-5-7-14(12)28-17(15)21-16(23)13-8-9-20-22(13)11(2)18(24)25/h8-9,11H,3-7,10H2,1-2H3,(H,21,23)(H,24,25). The van der Waals surface area contributed by atoms with E-state index in [2.05, 4.69) is 10.4 Å². The molecule has 8 nitrogen and oxygen atoms in total. The van der Waals surface area contributed by atoms with E-state index in [9.17, 15) is 19.5 Å². The van der Waals surface area contributed by atoms with E-state index in [1.165, 1.54) is 30.5 Å². The number of anilines is 1. The summed E-state index contributed by atoms with van der Waals surface area (Å²) in [7, 11) is 0. The number of amides is 1. The van der Waals surface area contributed by atoms with Crippen molar-refractivity contribution in [3.63, 3.8) is 0 Å². The molecule has 0 aliphatic heterocycles. The maximum atomic E-state index is 12.8. The number of carboxylic acid groups (broad SMARTS) is 1. The molecule has 2 aromatic heterocycles. The lowest BCUT2D eigenvalue weighted by molar-refractivity contribution is -0.140. The fourth-order valence-electron chi connectivity index (χ4n) is 3.21. The molecule has 0 radical (unpaired) electrons. The van der Waals surface area contributed by atoms with Crippen LogP contribution in [0.1, 0.15) is 70.4 Å². The molecule has 1 atom stereocenters. The summed E-state index contributed by atoms with van der Waals surface area (Å²) in [5.41, 5.74) is 1.51. The summed E-state index contributed by atoms with van der Waals surface area (Å²) in [6.07, 6.45) is 5.79. The quantitative estimate of drug-likeness (QED) is 0.684. The van der Waals surface area contributed by atoms with Crippen LogP contribution in [-0.4, -0.2) is 39.3 Å². The lowest BCUT2D eigenvalue weighted by Gasteiger charge is -2.13. The average molecular weight is 405 g/mol. The van der Waals surface area contributed by atoms with Crippen LogP contribution in [0.25, 0.3) is 0 Å². The molecule has 1 aliphatic carbocycles. The molecule has 9 heteroatoms. The van der Waals surface area contributed by atoms with Crippen LogP contribution in [0.3, 0.4) is 0 Å². The lowest BCUT2D eigenvalue weighted by Crippen LogP contribution is -2.24. The third-order valence-corrected chi connectivity index (χ3v) is 5.87. The van der Waals surface area contributed by atoms with Gasteiger partial charge in [-0.25, -0.2) is 14.3 Å². The highest BCUT2D eigenvalue weighted by atomic mass is 32.1. The van der Waals surface area contributed by atoms with Crippen LogP contribution in [0.5, 0.6) is 0 Å². The summed E-state index contributed by atoms with van der Waals surface area (Å²) in [6.45, 7) is 3.69. The molecule has 1 unspecified atom stereocenters. The van der Waals surface area contributed by atoms with Crippen molar-refractivity contribution in [3.8, 4) is 0 Å². The highest BCUT2D eigenvalue weighted by Crippen LogP contribution is 2.38. The van der Waals surface area contributed by atoms with Crippen molar-refractivity contribution in [2.24, 2.45) is 0 Å². The fourth-order valence-corrected chi connectivity index (χ4v) is 4.48. The van der Waals surface area contributed by atoms with Crippen molar-refractivity contribution in [2.45, 2.75) is 52.0 Å². The molecular formula is C19H23N3O5S. The van der Waals surface area contributed by atoms with E-state index in [0.717, 1.165) is 40.8 Å². The van der Waals surface area contributed by atoms with Gasteiger partial charge in [-0.1, -0.05) is 6.92 Å². The van der Waals surface area contributed by atoms with Crippen molar-refractivity contribution in [3.05, 3.63) is 34.0 Å². The number of carbonyl (C=O) groups is 3. The Kier molecular flexibility index (Phi) is 6.13. The lowest BCUT2D eigenvalue weighted by atomic mass is 9.95. The fraction of sp³-hybridized carbons (Fsp3) is 0.474. The monoisotopic (exact) mass is 405 g/mol. The molecule has 0 saturated heterocycles. The summed E-state index contributed by atoms with van der Waals surface area (Å²) >= 11 is 1.39. The molecule has 3 rings (SSSR count). The highest BCUT2D eigenvalue weighted by molar-refractivity contribution is 7.17. The Bertz CT molecular complexity index is 902. The molecule has 150 valence electrons. The predicted molar refractivity (Wildman–Crippen MR) is 104 cm³/mol. The van der Waals surface area contributed by atoms with Crippen molar-refractivity contribution >= 4 is 34.2 Å². The van der Waals surface area contributed by atoms with Crippen LogP contribution in [0.2, 0.25) is 0 Å². The number of nitrogens with one attached hydrogen (secondary N) is 1. The second kappa shape index (κ2) is 8.55. The van der Waals surface area contributed by atoms with E-state index < -0.39 is 23.9 Å². The number of nitrogens with zero attached hydrogens (tertiary/aromatic N) is 2. The molecular weight excluding hydrogens is 382 g/mol. The SMILES string of the molecule is CCCOC(=O)c1c(NC(=O)c2ccnn2C(C)C(=O)O)sc2c1CCCC2. The first-order valence-corrected chi connectivity index (χ1v) is 10.1. The van der Waals surface area contributed by atoms with Gasteiger partial charge in [0.1, 0.15) is 16.7 Å². The summed E-state index contributed by atoms with van der Waals surface area (Å²) in [6, 6.07) is 0.471. The first-order chi connectivity index (χ1) is 13.4. The topological polar surface area (TPSA) is 111 Å². The second-order valence-corrected chi connectivity index (χ2v) is 7.79. The van der Waals surface area contributed by atoms with E-state index in [1.807, 2.05) is 6.92 Å². The third-order valence-electron chi connectivity index (χ3n) is 4.67. The Morgan fingerprint density at radius 2 is 2.11 bits per heavy atom. The van der Waals surface area contributed by atoms with Crippen molar-refractivity contribution < 1.29 is 24.2 Å². The zero-order valence-electron chi connectivity index (χ0n) is 15.9. The molecule has 2 heterocycles. The number of hydrogen-bond acceptors (Lipinski definition) is 6. The number of aromatic nitrogens is 2. The van der Waals surface area contributed by atoms with E-state index in [1.54, 1.807) is 0 Å². The molecule has 0 bridgehead atoms. The Labute approximate surface area is 166 Å². The Morgan fingerprint density at radius 3 is 2.82 bits per heavy atom. The molecule has 28 heavy (non-hydrogen) atoms. The Hall–Kier alpha value is -2.68. The maximum Gasteiger partial charge on any atom is 0.341 e. The number of aliphatic carboxylic acids is 1. The van der Waals surface area contributed by atoms with E-state index in [0.29, 0.717) is 23.6 Å². The van der Waals surface area contributed by atoms with Crippen LogP contribution in [0.15, 0.2) is 12.3 Å². The highest BCUT2D eigenvalue weighted by Gasteiger charge is 2.29. The number of hydrogen-bond donors (Lipinski definition) is 2. The minimum Gasteiger partial charge on any atom is -0.480 e. The van der Waals surface area contributed by atoms with E-state index >= 15 is 0 Å². The summed E-state index contributed by atoms with van der Waals surface area (Å²) in [5.74, 6) is -2.02. The molecule has 0 aromatic carbocycles. The number of fused-ring (bicyclic) bond motifs is 1. The minimum absolute atomic E-state index is 0.120. The van der Waals surface area contributed by atoms with Gasteiger partial charge in [0.25, 0.3) is 5.91 Å². The Morgan fingerprint density at radius 1 is 1.36 bits per heavy atom. The first-order valence-electron chi connectivity index (χ1n) is 9.33. The number of aryl methyl sites for hydroxylation is 1. The summed E-state index contributed by atoms with van der Waals surface area (Å²) < 4.78 is 6.48. The normalized spacial score (nSPS) is 14.2. The van der Waals surface area contributed by atoms with E-state index in [4.69, 9.17) is 4.74 Å². The molecule has 0 saturated carbocycles. The van der Waals surface area contributed by atoms with Crippen LogP contribution >= 0.6 is 11.3 Å². The predicted octanol–water partition coefficient (Wildman–Crippen LogP) is 3.29. The van der Waals surface area contributed by atoms with Crippen molar-refractivity contribution in [1.82, 2.24) is 9.78 Å². The summed E-state index contributed by atoms with van der Waals surface area (Å²) in [4.78, 5) is 37.8. The number of thiophene rings is 1.